The second kappa shape index (κ2) is 20.1. The highest BCUT2D eigenvalue weighted by Crippen LogP contribution is 2.61. The van der Waals surface area contributed by atoms with E-state index in [2.05, 4.69) is 27.7 Å². The molecule has 152 valence electrons. The van der Waals surface area contributed by atoms with Gasteiger partial charge in [-0.25, -0.2) is 0 Å². The van der Waals surface area contributed by atoms with Gasteiger partial charge in [-0.05, 0) is 25.7 Å². The first-order valence-corrected chi connectivity index (χ1v) is 12.9. The molecule has 0 aliphatic carbocycles. The summed E-state index contributed by atoms with van der Waals surface area (Å²) in [5.74, 6) is 0. The Morgan fingerprint density at radius 2 is 0.917 bits per heavy atom. The van der Waals surface area contributed by atoms with Gasteiger partial charge in [0.2, 0.25) is 0 Å². The fraction of sp³-hybridized carbons (Fsp3) is 1.00. The molecule has 2 N–H and O–H groups in total. The number of hydrogen-bond donors (Lipinski definition) is 2. The van der Waals surface area contributed by atoms with Crippen molar-refractivity contribution in [2.45, 2.75) is 79.1 Å². The zero-order valence-electron chi connectivity index (χ0n) is 15.9. The first-order valence-electron chi connectivity index (χ1n) is 8.86. The van der Waals surface area contributed by atoms with Gasteiger partial charge in [0, 0.05) is 7.26 Å². The third-order valence-electron chi connectivity index (χ3n) is 3.94. The summed E-state index contributed by atoms with van der Waals surface area (Å²) in [4.78, 5) is 22.9. The van der Waals surface area contributed by atoms with Crippen LogP contribution in [0.4, 0.5) is 4.70 Å². The van der Waals surface area contributed by atoms with Crippen LogP contribution < -0.4 is 4.89 Å². The minimum atomic E-state index is -4.89. The molecule has 0 aliphatic rings. The summed E-state index contributed by atoms with van der Waals surface area (Å²) in [5.41, 5.74) is 0. The van der Waals surface area contributed by atoms with E-state index in [1.807, 2.05) is 0 Å². The predicted octanol–water partition coefficient (Wildman–Crippen LogP) is 5.22. The molecule has 4 nitrogen and oxygen atoms in total. The van der Waals surface area contributed by atoms with Crippen molar-refractivity contribution < 1.29 is 23.9 Å². The van der Waals surface area contributed by atoms with Gasteiger partial charge < -0.3 is 14.7 Å². The van der Waals surface area contributed by atoms with E-state index in [0.29, 0.717) is 0 Å². The van der Waals surface area contributed by atoms with Crippen molar-refractivity contribution in [1.82, 2.24) is 0 Å². The van der Waals surface area contributed by atoms with E-state index in [1.165, 1.54) is 51.4 Å². The summed E-state index contributed by atoms with van der Waals surface area (Å²) in [6, 6.07) is 0. The zero-order chi connectivity index (χ0) is 17.5. The van der Waals surface area contributed by atoms with Gasteiger partial charge >= 0.3 is 0 Å². The van der Waals surface area contributed by atoms with E-state index in [9.17, 15) is 0 Å². The van der Waals surface area contributed by atoms with Crippen molar-refractivity contribution in [1.29, 1.82) is 0 Å². The van der Waals surface area contributed by atoms with Gasteiger partial charge in [0.1, 0.15) is 0 Å². The fourth-order valence-electron chi connectivity index (χ4n) is 2.64. The number of hydrogen-bond acceptors (Lipinski definition) is 2. The van der Waals surface area contributed by atoms with Crippen molar-refractivity contribution in [3.05, 3.63) is 0 Å². The summed E-state index contributed by atoms with van der Waals surface area (Å²) in [6.45, 7) is 9.42. The average molecular weight is 413 g/mol. The monoisotopic (exact) mass is 412 g/mol. The highest BCUT2D eigenvalue weighted by atomic mass is 35.5. The van der Waals surface area contributed by atoms with Crippen molar-refractivity contribution >= 4 is 27.5 Å². The summed E-state index contributed by atoms with van der Waals surface area (Å²) in [7, 11) is -5.45. The van der Waals surface area contributed by atoms with E-state index in [4.69, 9.17) is 19.2 Å². The maximum Gasteiger partial charge on any atom is 0.262 e. The first kappa shape index (κ1) is 32.4. The van der Waals surface area contributed by atoms with Gasteiger partial charge in [0.15, 0.2) is 0 Å². The largest absolute Gasteiger partial charge is 0.756 e. The molecule has 0 atom stereocenters. The molecule has 0 aromatic carbocycles. The predicted molar refractivity (Wildman–Crippen MR) is 108 cm³/mol. The smallest absolute Gasteiger partial charge is 0.262 e. The molecular formula is C16H40ClFO4P2. The molecule has 0 unspecified atom stereocenters. The normalized spacial score (nSPS) is 11.0. The van der Waals surface area contributed by atoms with Gasteiger partial charge in [-0.1, -0.05) is 53.4 Å². The highest BCUT2D eigenvalue weighted by Gasteiger charge is 2.34. The van der Waals surface area contributed by atoms with E-state index >= 15 is 0 Å². The van der Waals surface area contributed by atoms with Crippen LogP contribution in [0, 0.1) is 0 Å². The first-order chi connectivity index (χ1) is 10.2. The van der Waals surface area contributed by atoms with Crippen LogP contribution in [-0.2, 0) is 4.57 Å². The van der Waals surface area contributed by atoms with Gasteiger partial charge in [0.25, 0.3) is 7.82 Å². The van der Waals surface area contributed by atoms with Crippen LogP contribution in [0.1, 0.15) is 79.1 Å². The Balaban J connectivity index is -0.000000250. The third kappa shape index (κ3) is 25.0. The quantitative estimate of drug-likeness (QED) is 0.431. The second-order valence-electron chi connectivity index (χ2n) is 6.14. The molecule has 0 saturated heterocycles. The topological polar surface area (TPSA) is 80.6 Å². The maximum absolute atomic E-state index is 8.77. The lowest BCUT2D eigenvalue weighted by Crippen LogP contribution is -2.12. The Bertz CT molecular complexity index is 245. The standard InChI is InChI=1S/C16H36P.ClH.FH.H3O4P/c1-5-9-13-17(14-10-6-2,15-11-7-3)16-12-8-4;;;1-5(2,3)4/h5-16H2,1-4H3;2*1H;(H3,1,2,3,4)/q+1;;;/p-1. The molecule has 0 fully saturated rings. The van der Waals surface area contributed by atoms with Gasteiger partial charge in [-0.3, -0.25) is 9.27 Å². The van der Waals surface area contributed by atoms with Crippen LogP contribution in [0.3, 0.4) is 0 Å². The highest BCUT2D eigenvalue weighted by molar-refractivity contribution is 7.75. The minimum Gasteiger partial charge on any atom is -0.756 e. The summed E-state index contributed by atoms with van der Waals surface area (Å²) in [5, 5.41) is 0. The van der Waals surface area contributed by atoms with Gasteiger partial charge in [-0.2, -0.15) is 0 Å². The molecule has 0 rings (SSSR count). The number of phosphoric acid groups is 1. The summed E-state index contributed by atoms with van der Waals surface area (Å²) >= 11 is 0. The zero-order valence-corrected chi connectivity index (χ0v) is 18.5. The van der Waals surface area contributed by atoms with Gasteiger partial charge in [0.05, 0.1) is 24.6 Å². The molecule has 8 heteroatoms. The van der Waals surface area contributed by atoms with Crippen LogP contribution >= 0.6 is 27.5 Å². The van der Waals surface area contributed by atoms with Crippen molar-refractivity contribution in [2.75, 3.05) is 24.6 Å². The van der Waals surface area contributed by atoms with E-state index < -0.39 is 15.1 Å². The number of halogens is 2. The number of rotatable bonds is 12. The lowest BCUT2D eigenvalue weighted by Gasteiger charge is -2.28. The van der Waals surface area contributed by atoms with E-state index in [1.54, 1.807) is 24.6 Å². The molecular weight excluding hydrogens is 373 g/mol. The molecule has 0 aromatic rings. The van der Waals surface area contributed by atoms with Crippen LogP contribution in [0.15, 0.2) is 0 Å². The Morgan fingerprint density at radius 3 is 1.04 bits per heavy atom. The van der Waals surface area contributed by atoms with Gasteiger partial charge in [-0.15, -0.1) is 12.4 Å². The number of unbranched alkanes of at least 4 members (excludes halogenated alkanes) is 4. The molecule has 0 aromatic heterocycles. The molecule has 0 amide bonds. The molecule has 24 heavy (non-hydrogen) atoms. The molecule has 0 bridgehead atoms. The Labute approximate surface area is 155 Å². The van der Waals surface area contributed by atoms with Crippen molar-refractivity contribution in [3.63, 3.8) is 0 Å². The van der Waals surface area contributed by atoms with E-state index in [0.717, 1.165) is 0 Å². The molecule has 0 heterocycles. The fourth-order valence-corrected chi connectivity index (χ4v) is 7.93. The van der Waals surface area contributed by atoms with Crippen molar-refractivity contribution in [2.24, 2.45) is 0 Å². The van der Waals surface area contributed by atoms with Crippen molar-refractivity contribution in [3.8, 4) is 0 Å². The average Bonchev–Trinajstić information content (AvgIpc) is 2.44. The lowest BCUT2D eigenvalue weighted by atomic mass is 10.4. The third-order valence-corrected chi connectivity index (χ3v) is 9.00. The minimum absolute atomic E-state index is 0. The SMILES string of the molecule is CCCC[P+](CCCC)(CCCC)CCCC.Cl.F.O=P([O-])(O)O. The lowest BCUT2D eigenvalue weighted by molar-refractivity contribution is -0.214. The van der Waals surface area contributed by atoms with Crippen LogP contribution in [0.5, 0.6) is 0 Å². The summed E-state index contributed by atoms with van der Waals surface area (Å²) in [6.07, 6.45) is 17.9. The molecule has 0 aliphatic heterocycles. The summed E-state index contributed by atoms with van der Waals surface area (Å²) < 4.78 is 8.77. The van der Waals surface area contributed by atoms with Crippen LogP contribution in [0.25, 0.3) is 0 Å². The Morgan fingerprint density at radius 1 is 0.750 bits per heavy atom. The molecule has 0 radical (unpaired) electrons. The van der Waals surface area contributed by atoms with E-state index in [-0.39, 0.29) is 17.1 Å². The Kier molecular flexibility index (Phi) is 27.1. The molecule has 0 spiro atoms. The Hall–Kier alpha value is 0.760. The maximum atomic E-state index is 8.77. The second-order valence-corrected chi connectivity index (χ2v) is 11.6. The van der Waals surface area contributed by atoms with Crippen LogP contribution in [0.2, 0.25) is 0 Å². The van der Waals surface area contributed by atoms with Crippen LogP contribution in [-0.4, -0.2) is 34.4 Å². The molecule has 0 saturated carbocycles.